The summed E-state index contributed by atoms with van der Waals surface area (Å²) in [6.45, 7) is 3.19. The number of nitrogens with zero attached hydrogens (tertiary/aromatic N) is 4. The van der Waals surface area contributed by atoms with E-state index in [4.69, 9.17) is 4.74 Å². The number of pyridine rings is 2. The van der Waals surface area contributed by atoms with Crippen LogP contribution in [0.25, 0.3) is 0 Å². The van der Waals surface area contributed by atoms with Gasteiger partial charge in [-0.15, -0.1) is 0 Å². The first-order valence-corrected chi connectivity index (χ1v) is 10.8. The van der Waals surface area contributed by atoms with E-state index < -0.39 is 5.60 Å². The highest BCUT2D eigenvalue weighted by molar-refractivity contribution is 5.88. The van der Waals surface area contributed by atoms with Crippen molar-refractivity contribution in [2.24, 2.45) is 0 Å². The van der Waals surface area contributed by atoms with Crippen LogP contribution in [0.5, 0.6) is 0 Å². The topological polar surface area (TPSA) is 58.6 Å². The van der Waals surface area contributed by atoms with Crippen molar-refractivity contribution in [3.63, 3.8) is 0 Å². The quantitative estimate of drug-likeness (QED) is 0.620. The highest BCUT2D eigenvalue weighted by Gasteiger charge is 2.56. The molecule has 2 aliphatic rings. The number of benzene rings is 1. The van der Waals surface area contributed by atoms with Gasteiger partial charge in [-0.1, -0.05) is 18.2 Å². The lowest BCUT2D eigenvalue weighted by atomic mass is 9.83. The maximum Gasteiger partial charge on any atom is 0.257 e. The predicted octanol–water partition coefficient (Wildman–Crippen LogP) is 3.01. The summed E-state index contributed by atoms with van der Waals surface area (Å²) in [7, 11) is 0. The van der Waals surface area contributed by atoms with Crippen LogP contribution in [0.1, 0.15) is 22.6 Å². The highest BCUT2D eigenvalue weighted by atomic mass is 19.1. The number of morpholine rings is 1. The van der Waals surface area contributed by atoms with Crippen LogP contribution in [0.2, 0.25) is 0 Å². The van der Waals surface area contributed by atoms with Crippen LogP contribution in [0.4, 0.5) is 4.39 Å². The molecule has 7 heteroatoms. The van der Waals surface area contributed by atoms with Crippen molar-refractivity contribution in [2.45, 2.75) is 24.6 Å². The van der Waals surface area contributed by atoms with Crippen LogP contribution < -0.4 is 0 Å². The normalized spacial score (nSPS) is 23.7. The van der Waals surface area contributed by atoms with Gasteiger partial charge in [-0.25, -0.2) is 4.39 Å². The van der Waals surface area contributed by atoms with E-state index in [9.17, 15) is 9.18 Å². The third-order valence-electron chi connectivity index (χ3n) is 6.34. The van der Waals surface area contributed by atoms with Gasteiger partial charge in [0.1, 0.15) is 5.82 Å². The lowest BCUT2D eigenvalue weighted by molar-refractivity contribution is -0.173. The summed E-state index contributed by atoms with van der Waals surface area (Å²) in [5.74, 6) is -0.414. The minimum atomic E-state index is -0.984. The summed E-state index contributed by atoms with van der Waals surface area (Å²) in [4.78, 5) is 26.3. The minimum absolute atomic E-state index is 0.00356. The molecule has 3 aromatic rings. The molecule has 5 rings (SSSR count). The summed E-state index contributed by atoms with van der Waals surface area (Å²) >= 11 is 0. The van der Waals surface area contributed by atoms with Gasteiger partial charge < -0.3 is 9.64 Å². The van der Waals surface area contributed by atoms with Crippen LogP contribution in [0.15, 0.2) is 73.3 Å². The Morgan fingerprint density at radius 3 is 2.69 bits per heavy atom. The zero-order chi connectivity index (χ0) is 22.0. The highest BCUT2D eigenvalue weighted by Crippen LogP contribution is 2.42. The molecule has 0 N–H and O–H groups in total. The van der Waals surface area contributed by atoms with Crippen molar-refractivity contribution in [3.05, 3.63) is 95.8 Å². The van der Waals surface area contributed by atoms with Crippen LogP contribution >= 0.6 is 0 Å². The second-order valence-corrected chi connectivity index (χ2v) is 8.46. The first-order chi connectivity index (χ1) is 15.6. The molecule has 0 saturated carbocycles. The molecule has 6 nitrogen and oxygen atoms in total. The van der Waals surface area contributed by atoms with Gasteiger partial charge in [0.15, 0.2) is 5.60 Å². The minimum Gasteiger partial charge on any atom is -0.361 e. The maximum atomic E-state index is 13.9. The van der Waals surface area contributed by atoms with Crippen molar-refractivity contribution in [1.29, 1.82) is 0 Å². The number of amides is 1. The van der Waals surface area contributed by atoms with E-state index in [0.717, 1.165) is 16.7 Å². The molecular weight excluding hydrogens is 407 g/mol. The molecule has 0 radical (unpaired) electrons. The van der Waals surface area contributed by atoms with E-state index >= 15 is 0 Å². The number of carbonyl (C=O) groups excluding carboxylic acids is 1. The van der Waals surface area contributed by atoms with Gasteiger partial charge >= 0.3 is 0 Å². The van der Waals surface area contributed by atoms with E-state index in [0.29, 0.717) is 39.3 Å². The van der Waals surface area contributed by atoms with Gasteiger partial charge in [-0.3, -0.25) is 19.7 Å². The van der Waals surface area contributed by atoms with Gasteiger partial charge in [0.25, 0.3) is 5.91 Å². The molecule has 0 bridgehead atoms. The van der Waals surface area contributed by atoms with Crippen molar-refractivity contribution in [1.82, 2.24) is 19.8 Å². The lowest BCUT2D eigenvalue weighted by Gasteiger charge is -2.42. The van der Waals surface area contributed by atoms with Crippen molar-refractivity contribution in [2.75, 3.05) is 26.2 Å². The monoisotopic (exact) mass is 432 g/mol. The van der Waals surface area contributed by atoms with Gasteiger partial charge in [0.05, 0.1) is 6.61 Å². The Balaban J connectivity index is 1.45. The smallest absolute Gasteiger partial charge is 0.257 e. The standard InChI is InChI=1S/C25H25FN4O2/c26-22-5-1-3-20(13-22)15-29-17-23(21-4-2-8-28-14-21)25(18-29)24(31)30(11-12-32-25)16-19-6-9-27-10-7-19/h1-10,13-14,23H,11-12,15-18H2/t23-,25+/m0/s1. The number of halogens is 1. The zero-order valence-electron chi connectivity index (χ0n) is 17.7. The average Bonchev–Trinajstić information content (AvgIpc) is 3.17. The second kappa shape index (κ2) is 8.76. The molecule has 2 aromatic heterocycles. The molecule has 2 saturated heterocycles. The second-order valence-electron chi connectivity index (χ2n) is 8.46. The fraction of sp³-hybridized carbons (Fsp3) is 0.320. The molecule has 32 heavy (non-hydrogen) atoms. The molecule has 1 amide bonds. The Labute approximate surface area is 186 Å². The van der Waals surface area contributed by atoms with Gasteiger partial charge in [-0.05, 0) is 47.0 Å². The molecule has 0 aliphatic carbocycles. The van der Waals surface area contributed by atoms with Crippen LogP contribution in [-0.4, -0.2) is 57.5 Å². The molecule has 1 aromatic carbocycles. The average molecular weight is 432 g/mol. The third-order valence-corrected chi connectivity index (χ3v) is 6.34. The van der Waals surface area contributed by atoms with Gasteiger partial charge in [0, 0.05) is 63.4 Å². The van der Waals surface area contributed by atoms with E-state index in [-0.39, 0.29) is 17.6 Å². The van der Waals surface area contributed by atoms with E-state index in [2.05, 4.69) is 14.9 Å². The van der Waals surface area contributed by atoms with Crippen molar-refractivity contribution < 1.29 is 13.9 Å². The number of likely N-dealkylation sites (tertiary alicyclic amines) is 1. The molecule has 164 valence electrons. The zero-order valence-corrected chi connectivity index (χ0v) is 17.7. The Bertz CT molecular complexity index is 1080. The van der Waals surface area contributed by atoms with E-state index in [1.807, 2.05) is 41.4 Å². The fourth-order valence-electron chi connectivity index (χ4n) is 4.87. The summed E-state index contributed by atoms with van der Waals surface area (Å²) in [5.41, 5.74) is 1.91. The Morgan fingerprint density at radius 1 is 1.03 bits per heavy atom. The Kier molecular flexibility index (Phi) is 5.68. The van der Waals surface area contributed by atoms with Crippen molar-refractivity contribution >= 4 is 5.91 Å². The number of hydrogen-bond donors (Lipinski definition) is 0. The molecular formula is C25H25FN4O2. The fourth-order valence-corrected chi connectivity index (χ4v) is 4.87. The van der Waals surface area contributed by atoms with Crippen LogP contribution in [0.3, 0.4) is 0 Å². The summed E-state index contributed by atoms with van der Waals surface area (Å²) in [5, 5.41) is 0. The number of aromatic nitrogens is 2. The number of ether oxygens (including phenoxy) is 1. The van der Waals surface area contributed by atoms with Gasteiger partial charge in [-0.2, -0.15) is 0 Å². The first-order valence-electron chi connectivity index (χ1n) is 10.8. The number of hydrogen-bond acceptors (Lipinski definition) is 5. The molecule has 4 heterocycles. The summed E-state index contributed by atoms with van der Waals surface area (Å²) in [6, 6.07) is 14.4. The predicted molar refractivity (Wildman–Crippen MR) is 117 cm³/mol. The molecule has 0 unspecified atom stereocenters. The Morgan fingerprint density at radius 2 is 1.91 bits per heavy atom. The lowest BCUT2D eigenvalue weighted by Crippen LogP contribution is -2.59. The van der Waals surface area contributed by atoms with E-state index in [1.54, 1.807) is 30.7 Å². The number of carbonyl (C=O) groups is 1. The molecule has 2 fully saturated rings. The maximum absolute atomic E-state index is 13.9. The molecule has 2 atom stereocenters. The first kappa shape index (κ1) is 20.7. The van der Waals surface area contributed by atoms with Crippen molar-refractivity contribution in [3.8, 4) is 0 Å². The molecule has 2 aliphatic heterocycles. The van der Waals surface area contributed by atoms with E-state index in [1.165, 1.54) is 6.07 Å². The van der Waals surface area contributed by atoms with Gasteiger partial charge in [0.2, 0.25) is 0 Å². The SMILES string of the molecule is O=C1N(Cc2ccncc2)CCO[C@@]12CN(Cc1cccc(F)c1)C[C@H]2c1cccnc1. The van der Waals surface area contributed by atoms with Crippen LogP contribution in [-0.2, 0) is 22.6 Å². The third kappa shape index (κ3) is 4.01. The largest absolute Gasteiger partial charge is 0.361 e. The Hall–Kier alpha value is -3.16. The molecule has 1 spiro atoms. The number of rotatable bonds is 5. The summed E-state index contributed by atoms with van der Waals surface area (Å²) < 4.78 is 20.1. The summed E-state index contributed by atoms with van der Waals surface area (Å²) in [6.07, 6.45) is 7.03. The van der Waals surface area contributed by atoms with Crippen LogP contribution in [0, 0.1) is 5.82 Å².